The van der Waals surface area contributed by atoms with Gasteiger partial charge in [0.2, 0.25) is 5.91 Å². The van der Waals surface area contributed by atoms with Crippen molar-refractivity contribution in [3.63, 3.8) is 0 Å². The highest BCUT2D eigenvalue weighted by atomic mass is 16.6. The summed E-state index contributed by atoms with van der Waals surface area (Å²) in [4.78, 5) is 34.1. The minimum absolute atomic E-state index is 0.0989. The second-order valence-electron chi connectivity index (χ2n) is 5.99. The standard InChI is InChI=1S/C16H23N5O5/c22-8-7-17-13-6-5-12(21(25)26)9-14(13)18-10-15(23)20-16(24)19-11-3-1-2-4-11/h5-6,9,11,17-18,22H,1-4,7-8,10H2,(H2,19,20,23,24). The van der Waals surface area contributed by atoms with Crippen molar-refractivity contribution in [1.82, 2.24) is 10.6 Å². The van der Waals surface area contributed by atoms with Gasteiger partial charge in [-0.15, -0.1) is 0 Å². The Morgan fingerprint density at radius 3 is 2.58 bits per heavy atom. The first kappa shape index (κ1) is 19.4. The maximum Gasteiger partial charge on any atom is 0.321 e. The number of hydrogen-bond donors (Lipinski definition) is 5. The Morgan fingerprint density at radius 2 is 1.92 bits per heavy atom. The molecule has 0 radical (unpaired) electrons. The van der Waals surface area contributed by atoms with Crippen LogP contribution in [-0.2, 0) is 4.79 Å². The van der Waals surface area contributed by atoms with Crippen LogP contribution in [0.5, 0.6) is 0 Å². The number of carbonyl (C=O) groups excluding carboxylic acids is 2. The minimum Gasteiger partial charge on any atom is -0.395 e. The molecule has 0 unspecified atom stereocenters. The summed E-state index contributed by atoms with van der Waals surface area (Å²) in [5.74, 6) is -0.555. The Hall–Kier alpha value is -2.88. The quantitative estimate of drug-likeness (QED) is 0.343. The molecule has 0 aliphatic heterocycles. The molecule has 2 rings (SSSR count). The number of aliphatic hydroxyl groups is 1. The number of amides is 3. The third-order valence-corrected chi connectivity index (χ3v) is 4.02. The van der Waals surface area contributed by atoms with Gasteiger partial charge in [0.05, 0.1) is 29.4 Å². The Labute approximate surface area is 150 Å². The fourth-order valence-corrected chi connectivity index (χ4v) is 2.77. The second kappa shape index (κ2) is 9.56. The van der Waals surface area contributed by atoms with Gasteiger partial charge in [-0.1, -0.05) is 12.8 Å². The molecule has 1 saturated carbocycles. The lowest BCUT2D eigenvalue weighted by Crippen LogP contribution is -2.45. The van der Waals surface area contributed by atoms with Crippen LogP contribution in [0.3, 0.4) is 0 Å². The molecule has 10 heteroatoms. The van der Waals surface area contributed by atoms with Gasteiger partial charge in [0, 0.05) is 24.7 Å². The monoisotopic (exact) mass is 365 g/mol. The zero-order valence-corrected chi connectivity index (χ0v) is 14.3. The zero-order valence-electron chi connectivity index (χ0n) is 14.3. The van der Waals surface area contributed by atoms with Gasteiger partial charge >= 0.3 is 6.03 Å². The van der Waals surface area contributed by atoms with Gasteiger partial charge in [-0.05, 0) is 18.9 Å². The van der Waals surface area contributed by atoms with E-state index in [0.29, 0.717) is 11.4 Å². The normalized spacial score (nSPS) is 13.9. The molecule has 142 valence electrons. The van der Waals surface area contributed by atoms with E-state index < -0.39 is 16.9 Å². The van der Waals surface area contributed by atoms with Crippen molar-refractivity contribution in [2.75, 3.05) is 30.3 Å². The van der Waals surface area contributed by atoms with E-state index in [9.17, 15) is 19.7 Å². The maximum absolute atomic E-state index is 11.9. The van der Waals surface area contributed by atoms with Crippen molar-refractivity contribution in [1.29, 1.82) is 0 Å². The van der Waals surface area contributed by atoms with E-state index in [1.807, 2.05) is 0 Å². The van der Waals surface area contributed by atoms with Crippen molar-refractivity contribution in [2.24, 2.45) is 0 Å². The van der Waals surface area contributed by atoms with Gasteiger partial charge in [-0.25, -0.2) is 4.79 Å². The lowest BCUT2D eigenvalue weighted by molar-refractivity contribution is -0.384. The Bertz CT molecular complexity index is 660. The SMILES string of the molecule is O=C(CNc1cc([N+](=O)[O-])ccc1NCCO)NC(=O)NC1CCCC1. The number of benzene rings is 1. The summed E-state index contributed by atoms with van der Waals surface area (Å²) in [6.07, 6.45) is 3.95. The van der Waals surface area contributed by atoms with Gasteiger partial charge in [0.15, 0.2) is 0 Å². The molecule has 10 nitrogen and oxygen atoms in total. The van der Waals surface area contributed by atoms with Gasteiger partial charge in [-0.2, -0.15) is 0 Å². The summed E-state index contributed by atoms with van der Waals surface area (Å²) in [5, 5.41) is 30.5. The largest absolute Gasteiger partial charge is 0.395 e. The third-order valence-electron chi connectivity index (χ3n) is 4.02. The molecule has 0 aromatic heterocycles. The summed E-state index contributed by atoms with van der Waals surface area (Å²) < 4.78 is 0. The molecule has 1 aromatic carbocycles. The molecule has 0 bridgehead atoms. The number of anilines is 2. The van der Waals surface area contributed by atoms with Crippen molar-refractivity contribution in [3.8, 4) is 0 Å². The summed E-state index contributed by atoms with van der Waals surface area (Å²) in [5.41, 5.74) is 0.702. The summed E-state index contributed by atoms with van der Waals surface area (Å²) in [6.45, 7) is -0.0895. The van der Waals surface area contributed by atoms with Crippen molar-refractivity contribution in [3.05, 3.63) is 28.3 Å². The number of rotatable bonds is 8. The number of nitrogens with zero attached hydrogens (tertiary/aromatic N) is 1. The Morgan fingerprint density at radius 1 is 1.19 bits per heavy atom. The predicted molar refractivity (Wildman–Crippen MR) is 96.1 cm³/mol. The number of urea groups is 1. The lowest BCUT2D eigenvalue weighted by Gasteiger charge is -2.14. The van der Waals surface area contributed by atoms with Crippen LogP contribution in [0.25, 0.3) is 0 Å². The molecular formula is C16H23N5O5. The highest BCUT2D eigenvalue weighted by molar-refractivity contribution is 5.96. The van der Waals surface area contributed by atoms with E-state index in [2.05, 4.69) is 21.3 Å². The number of nitro benzene ring substituents is 1. The van der Waals surface area contributed by atoms with Crippen molar-refractivity contribution < 1.29 is 19.6 Å². The van der Waals surface area contributed by atoms with Crippen LogP contribution in [0.15, 0.2) is 18.2 Å². The fraction of sp³-hybridized carbons (Fsp3) is 0.500. The van der Waals surface area contributed by atoms with Crippen LogP contribution in [0.2, 0.25) is 0 Å². The first-order valence-electron chi connectivity index (χ1n) is 8.47. The van der Waals surface area contributed by atoms with E-state index in [0.717, 1.165) is 25.7 Å². The van der Waals surface area contributed by atoms with Crippen LogP contribution >= 0.6 is 0 Å². The third kappa shape index (κ3) is 5.88. The number of nitrogens with one attached hydrogen (secondary N) is 4. The topological polar surface area (TPSA) is 146 Å². The lowest BCUT2D eigenvalue weighted by atomic mass is 10.2. The molecule has 1 aromatic rings. The average Bonchev–Trinajstić information content (AvgIpc) is 3.11. The van der Waals surface area contributed by atoms with Crippen LogP contribution in [0.4, 0.5) is 21.9 Å². The van der Waals surface area contributed by atoms with Gasteiger partial charge in [0.1, 0.15) is 0 Å². The molecule has 5 N–H and O–H groups in total. The minimum atomic E-state index is -0.555. The van der Waals surface area contributed by atoms with Crippen molar-refractivity contribution in [2.45, 2.75) is 31.7 Å². The number of hydrogen-bond acceptors (Lipinski definition) is 7. The molecule has 1 fully saturated rings. The molecule has 0 saturated heterocycles. The highest BCUT2D eigenvalue weighted by Gasteiger charge is 2.18. The van der Waals surface area contributed by atoms with Gasteiger partial charge < -0.3 is 21.1 Å². The first-order valence-corrected chi connectivity index (χ1v) is 8.47. The number of nitro groups is 1. The second-order valence-corrected chi connectivity index (χ2v) is 5.99. The van der Waals surface area contributed by atoms with Gasteiger partial charge in [0.25, 0.3) is 5.69 Å². The van der Waals surface area contributed by atoms with E-state index in [1.165, 1.54) is 18.2 Å². The van der Waals surface area contributed by atoms with Gasteiger partial charge in [-0.3, -0.25) is 20.2 Å². The smallest absolute Gasteiger partial charge is 0.321 e. The molecule has 3 amide bonds. The van der Waals surface area contributed by atoms with E-state index in [4.69, 9.17) is 5.11 Å². The summed E-state index contributed by atoms with van der Waals surface area (Å²) in [7, 11) is 0. The van der Waals surface area contributed by atoms with E-state index >= 15 is 0 Å². The number of imide groups is 1. The Balaban J connectivity index is 1.91. The van der Waals surface area contributed by atoms with E-state index in [1.54, 1.807) is 0 Å². The summed E-state index contributed by atoms with van der Waals surface area (Å²) in [6, 6.07) is 3.65. The molecule has 1 aliphatic carbocycles. The van der Waals surface area contributed by atoms with Crippen LogP contribution in [0, 0.1) is 10.1 Å². The van der Waals surface area contributed by atoms with E-state index in [-0.39, 0.29) is 31.4 Å². The average molecular weight is 365 g/mol. The summed E-state index contributed by atoms with van der Waals surface area (Å²) >= 11 is 0. The van der Waals surface area contributed by atoms with Crippen LogP contribution in [0.1, 0.15) is 25.7 Å². The molecule has 0 heterocycles. The molecule has 1 aliphatic rings. The van der Waals surface area contributed by atoms with Crippen LogP contribution < -0.4 is 21.3 Å². The zero-order chi connectivity index (χ0) is 18.9. The number of aliphatic hydroxyl groups excluding tert-OH is 1. The highest BCUT2D eigenvalue weighted by Crippen LogP contribution is 2.26. The maximum atomic E-state index is 11.9. The Kier molecular flexibility index (Phi) is 7.15. The molecule has 0 atom stereocenters. The van der Waals surface area contributed by atoms with Crippen LogP contribution in [-0.4, -0.2) is 47.7 Å². The predicted octanol–water partition coefficient (Wildman–Crippen LogP) is 1.18. The molecular weight excluding hydrogens is 342 g/mol. The number of non-ortho nitro benzene ring substituents is 1. The first-order chi connectivity index (χ1) is 12.5. The molecule has 26 heavy (non-hydrogen) atoms. The number of carbonyl (C=O) groups is 2. The fourth-order valence-electron chi connectivity index (χ4n) is 2.77. The molecule has 0 spiro atoms. The van der Waals surface area contributed by atoms with Crippen molar-refractivity contribution >= 4 is 29.0 Å².